The number of nitrogens with one attached hydrogen (secondary N) is 1. The normalized spacial score (nSPS) is 16.0. The molecule has 7 heteroatoms. The first-order chi connectivity index (χ1) is 11.5. The Morgan fingerprint density at radius 3 is 2.83 bits per heavy atom. The van der Waals surface area contributed by atoms with Gasteiger partial charge in [-0.05, 0) is 51.8 Å². The van der Waals surface area contributed by atoms with E-state index in [-0.39, 0.29) is 12.0 Å². The van der Waals surface area contributed by atoms with Crippen LogP contribution in [0.4, 0.5) is 0 Å². The van der Waals surface area contributed by atoms with Crippen LogP contribution in [0.25, 0.3) is 0 Å². The van der Waals surface area contributed by atoms with Crippen molar-refractivity contribution in [2.75, 3.05) is 26.2 Å². The molecule has 0 aromatic carbocycles. The molecule has 1 fully saturated rings. The number of hydrogen-bond acceptors (Lipinski definition) is 5. The van der Waals surface area contributed by atoms with Crippen molar-refractivity contribution < 1.29 is 9.53 Å². The van der Waals surface area contributed by atoms with Gasteiger partial charge in [0.15, 0.2) is 0 Å². The van der Waals surface area contributed by atoms with Gasteiger partial charge in [0, 0.05) is 12.7 Å². The number of halogens is 1. The number of aromatic nitrogens is 1. The molecule has 1 aliphatic heterocycles. The van der Waals surface area contributed by atoms with Gasteiger partial charge in [-0.1, -0.05) is 11.6 Å². The lowest BCUT2D eigenvalue weighted by molar-refractivity contribution is 0.0937. The van der Waals surface area contributed by atoms with Crippen molar-refractivity contribution in [2.24, 2.45) is 5.92 Å². The van der Waals surface area contributed by atoms with Gasteiger partial charge >= 0.3 is 0 Å². The van der Waals surface area contributed by atoms with Crippen molar-refractivity contribution in [1.29, 1.82) is 5.26 Å². The second kappa shape index (κ2) is 8.86. The van der Waals surface area contributed by atoms with Crippen molar-refractivity contribution in [3.8, 4) is 11.9 Å². The van der Waals surface area contributed by atoms with E-state index < -0.39 is 0 Å². The molecular weight excluding hydrogens is 328 g/mol. The summed E-state index contributed by atoms with van der Waals surface area (Å²) in [6.45, 7) is 6.70. The van der Waals surface area contributed by atoms with Gasteiger partial charge < -0.3 is 10.1 Å². The Hall–Kier alpha value is -1.84. The van der Waals surface area contributed by atoms with Gasteiger partial charge in [-0.25, -0.2) is 4.98 Å². The molecule has 1 amide bonds. The van der Waals surface area contributed by atoms with Crippen LogP contribution in [0.1, 0.15) is 37.0 Å². The number of likely N-dealkylation sites (tertiary alicyclic amines) is 1. The largest absolute Gasteiger partial charge is 0.474 e. The van der Waals surface area contributed by atoms with Crippen molar-refractivity contribution >= 4 is 17.5 Å². The topological polar surface area (TPSA) is 78.2 Å². The Labute approximate surface area is 147 Å². The molecule has 0 spiro atoms. The summed E-state index contributed by atoms with van der Waals surface area (Å²) in [6, 6.07) is 3.75. The Morgan fingerprint density at radius 1 is 1.54 bits per heavy atom. The zero-order valence-corrected chi connectivity index (χ0v) is 14.8. The monoisotopic (exact) mass is 350 g/mol. The summed E-state index contributed by atoms with van der Waals surface area (Å²) in [4.78, 5) is 18.5. The van der Waals surface area contributed by atoms with Crippen LogP contribution in [0.5, 0.6) is 5.88 Å². The molecule has 1 saturated heterocycles. The molecule has 1 aromatic rings. The fourth-order valence-electron chi connectivity index (χ4n) is 2.65. The highest BCUT2D eigenvalue weighted by Crippen LogP contribution is 2.23. The van der Waals surface area contributed by atoms with Gasteiger partial charge in [0.1, 0.15) is 5.02 Å². The third-order valence-electron chi connectivity index (χ3n) is 3.97. The van der Waals surface area contributed by atoms with E-state index in [4.69, 9.17) is 21.6 Å². The molecule has 0 saturated carbocycles. The summed E-state index contributed by atoms with van der Waals surface area (Å²) in [5.41, 5.74) is 0.429. The quantitative estimate of drug-likeness (QED) is 0.797. The van der Waals surface area contributed by atoms with Gasteiger partial charge in [0.2, 0.25) is 5.88 Å². The molecular formula is C17H23ClN4O2. The minimum absolute atomic E-state index is 0.0263. The maximum Gasteiger partial charge on any atom is 0.252 e. The second-order valence-electron chi connectivity index (χ2n) is 6.27. The number of amides is 1. The van der Waals surface area contributed by atoms with Crippen LogP contribution in [0.3, 0.4) is 0 Å². The Balaban J connectivity index is 1.83. The van der Waals surface area contributed by atoms with Crippen LogP contribution in [0.15, 0.2) is 12.3 Å². The lowest BCUT2D eigenvalue weighted by Crippen LogP contribution is -2.38. The van der Waals surface area contributed by atoms with Crippen molar-refractivity contribution in [2.45, 2.75) is 32.8 Å². The van der Waals surface area contributed by atoms with Gasteiger partial charge in [-0.3, -0.25) is 9.69 Å². The van der Waals surface area contributed by atoms with Crippen LogP contribution < -0.4 is 10.1 Å². The minimum atomic E-state index is -0.181. The van der Waals surface area contributed by atoms with E-state index in [0.717, 1.165) is 25.9 Å². The number of carbonyl (C=O) groups is 1. The Bertz CT molecular complexity index is 607. The molecule has 2 heterocycles. The van der Waals surface area contributed by atoms with Crippen LogP contribution in [0.2, 0.25) is 5.02 Å². The van der Waals surface area contributed by atoms with Crippen molar-refractivity contribution in [1.82, 2.24) is 15.2 Å². The molecule has 24 heavy (non-hydrogen) atoms. The molecule has 130 valence electrons. The summed E-state index contributed by atoms with van der Waals surface area (Å²) >= 11 is 6.11. The highest BCUT2D eigenvalue weighted by Gasteiger charge is 2.20. The first kappa shape index (κ1) is 18.5. The van der Waals surface area contributed by atoms with Crippen molar-refractivity contribution in [3.63, 3.8) is 0 Å². The van der Waals surface area contributed by atoms with E-state index >= 15 is 0 Å². The summed E-state index contributed by atoms with van der Waals surface area (Å²) in [7, 11) is 0. The molecule has 1 N–H and O–H groups in total. The van der Waals surface area contributed by atoms with Crippen LogP contribution in [-0.2, 0) is 0 Å². The van der Waals surface area contributed by atoms with E-state index in [1.165, 1.54) is 6.20 Å². The molecule has 2 rings (SSSR count). The molecule has 0 bridgehead atoms. The third-order valence-corrected chi connectivity index (χ3v) is 4.24. The Kier molecular flexibility index (Phi) is 6.83. The Morgan fingerprint density at radius 2 is 2.25 bits per heavy atom. The number of hydrogen-bond donors (Lipinski definition) is 1. The van der Waals surface area contributed by atoms with Gasteiger partial charge in [-0.2, -0.15) is 5.26 Å². The number of pyridine rings is 1. The SMILES string of the molecule is CC(C)Oc1ncc(C(=O)NCC2CCN(CC#N)CC2)cc1Cl. The molecule has 0 radical (unpaired) electrons. The van der Waals surface area contributed by atoms with Gasteiger partial charge in [-0.15, -0.1) is 0 Å². The lowest BCUT2D eigenvalue weighted by atomic mass is 9.97. The summed E-state index contributed by atoms with van der Waals surface area (Å²) in [6.07, 6.45) is 3.43. The van der Waals surface area contributed by atoms with Crippen LogP contribution >= 0.6 is 11.6 Å². The zero-order chi connectivity index (χ0) is 17.5. The summed E-state index contributed by atoms with van der Waals surface area (Å²) in [5, 5.41) is 12.0. The molecule has 0 unspecified atom stereocenters. The average Bonchev–Trinajstić information content (AvgIpc) is 2.55. The summed E-state index contributed by atoms with van der Waals surface area (Å²) < 4.78 is 5.46. The number of nitrogens with zero attached hydrogens (tertiary/aromatic N) is 3. The highest BCUT2D eigenvalue weighted by molar-refractivity contribution is 6.32. The number of nitriles is 1. The first-order valence-corrected chi connectivity index (χ1v) is 8.57. The smallest absolute Gasteiger partial charge is 0.252 e. The molecule has 1 aromatic heterocycles. The number of piperidine rings is 1. The van der Waals surface area contributed by atoms with Crippen molar-refractivity contribution in [3.05, 3.63) is 22.8 Å². The third kappa shape index (κ3) is 5.36. The number of rotatable bonds is 6. The van der Waals surface area contributed by atoms with E-state index in [9.17, 15) is 4.79 Å². The standard InChI is InChI=1S/C17H23ClN4O2/c1-12(2)24-17-15(18)9-14(11-21-17)16(23)20-10-13-3-6-22(7-4-13)8-5-19/h9,11-13H,3-4,6-8,10H2,1-2H3,(H,20,23). The molecule has 1 aliphatic rings. The van der Waals surface area contributed by atoms with Gasteiger partial charge in [0.05, 0.1) is 24.3 Å². The van der Waals surface area contributed by atoms with E-state index in [2.05, 4.69) is 21.3 Å². The minimum Gasteiger partial charge on any atom is -0.474 e. The molecule has 0 aliphatic carbocycles. The number of ether oxygens (including phenoxy) is 1. The second-order valence-corrected chi connectivity index (χ2v) is 6.67. The number of carbonyl (C=O) groups excluding carboxylic acids is 1. The first-order valence-electron chi connectivity index (χ1n) is 8.19. The maximum absolute atomic E-state index is 12.2. The predicted octanol–water partition coefficient (Wildman–Crippen LogP) is 2.49. The maximum atomic E-state index is 12.2. The molecule has 0 atom stereocenters. The fourth-order valence-corrected chi connectivity index (χ4v) is 2.86. The van der Waals surface area contributed by atoms with E-state index in [1.807, 2.05) is 13.8 Å². The highest BCUT2D eigenvalue weighted by atomic mass is 35.5. The average molecular weight is 351 g/mol. The van der Waals surface area contributed by atoms with E-state index in [0.29, 0.717) is 35.5 Å². The van der Waals surface area contributed by atoms with Crippen LogP contribution in [0, 0.1) is 17.2 Å². The van der Waals surface area contributed by atoms with E-state index in [1.54, 1.807) is 6.07 Å². The summed E-state index contributed by atoms with van der Waals surface area (Å²) in [5.74, 6) is 0.601. The van der Waals surface area contributed by atoms with Crippen LogP contribution in [-0.4, -0.2) is 48.1 Å². The van der Waals surface area contributed by atoms with Gasteiger partial charge in [0.25, 0.3) is 5.91 Å². The lowest BCUT2D eigenvalue weighted by Gasteiger charge is -2.30. The zero-order valence-electron chi connectivity index (χ0n) is 14.1. The molecule has 6 nitrogen and oxygen atoms in total. The fraction of sp³-hybridized carbons (Fsp3) is 0.588. The predicted molar refractivity (Wildman–Crippen MR) is 92.1 cm³/mol.